The molecule has 0 aromatic heterocycles. The van der Waals surface area contributed by atoms with Crippen LogP contribution >= 0.6 is 0 Å². The number of likely N-dealkylation sites (N-methyl/N-ethyl adjacent to an activating group) is 1. The van der Waals surface area contributed by atoms with E-state index in [-0.39, 0.29) is 24.8 Å². The molecule has 0 fully saturated rings. The predicted octanol–water partition coefficient (Wildman–Crippen LogP) is 1.25. The second kappa shape index (κ2) is 6.40. The number of Topliss-reactive ketones (excluding diaryl/α,β-unsaturated/α-hetero) is 1. The molecule has 0 atom stereocenters. The average Bonchev–Trinajstić information content (AvgIpc) is 2.36. The first kappa shape index (κ1) is 13.7. The highest BCUT2D eigenvalue weighted by atomic mass is 16.5. The molecule has 5 nitrogen and oxygen atoms in total. The minimum Gasteiger partial charge on any atom is -0.484 e. The molecular weight excluding hydrogens is 232 g/mol. The third-order valence-corrected chi connectivity index (χ3v) is 2.34. The highest BCUT2D eigenvalue weighted by Crippen LogP contribution is 2.13. The van der Waals surface area contributed by atoms with Gasteiger partial charge in [-0.15, -0.1) is 0 Å². The number of nitriles is 1. The molecule has 0 bridgehead atoms. The molecule has 1 aromatic rings. The van der Waals surface area contributed by atoms with Crippen LogP contribution in [0.4, 0.5) is 0 Å². The molecule has 1 aromatic carbocycles. The Morgan fingerprint density at radius 3 is 2.78 bits per heavy atom. The van der Waals surface area contributed by atoms with E-state index >= 15 is 0 Å². The second-order valence-corrected chi connectivity index (χ2v) is 3.78. The Morgan fingerprint density at radius 2 is 2.17 bits per heavy atom. The Balaban J connectivity index is 2.59. The van der Waals surface area contributed by atoms with Crippen LogP contribution in [0.3, 0.4) is 0 Å². The third kappa shape index (κ3) is 3.91. The fraction of sp³-hybridized carbons (Fsp3) is 0.308. The quantitative estimate of drug-likeness (QED) is 0.579. The van der Waals surface area contributed by atoms with E-state index in [0.29, 0.717) is 11.3 Å². The number of hydrogen-bond acceptors (Lipinski definition) is 4. The maximum Gasteiger partial charge on any atom is 0.261 e. The summed E-state index contributed by atoms with van der Waals surface area (Å²) in [4.78, 5) is 23.9. The third-order valence-electron chi connectivity index (χ3n) is 2.34. The summed E-state index contributed by atoms with van der Waals surface area (Å²) in [7, 11) is 1.53. The zero-order valence-corrected chi connectivity index (χ0v) is 10.3. The van der Waals surface area contributed by atoms with E-state index in [9.17, 15) is 9.59 Å². The van der Waals surface area contributed by atoms with Crippen LogP contribution in [0.2, 0.25) is 0 Å². The number of carbonyl (C=O) groups excluding carboxylic acids is 2. The van der Waals surface area contributed by atoms with Crippen LogP contribution in [-0.4, -0.2) is 36.8 Å². The summed E-state index contributed by atoms with van der Waals surface area (Å²) in [5, 5.41) is 8.45. The monoisotopic (exact) mass is 246 g/mol. The van der Waals surface area contributed by atoms with Crippen molar-refractivity contribution in [3.8, 4) is 11.8 Å². The Bertz CT molecular complexity index is 491. The maximum absolute atomic E-state index is 11.5. The normalized spacial score (nSPS) is 9.39. The highest BCUT2D eigenvalue weighted by Gasteiger charge is 2.09. The van der Waals surface area contributed by atoms with Gasteiger partial charge in [0.15, 0.2) is 12.4 Å². The number of hydrogen-bond donors (Lipinski definition) is 0. The molecule has 1 rings (SSSR count). The van der Waals surface area contributed by atoms with Crippen LogP contribution < -0.4 is 4.74 Å². The van der Waals surface area contributed by atoms with Gasteiger partial charge >= 0.3 is 0 Å². The van der Waals surface area contributed by atoms with E-state index in [2.05, 4.69) is 0 Å². The first-order valence-electron chi connectivity index (χ1n) is 5.39. The van der Waals surface area contributed by atoms with Crippen molar-refractivity contribution in [2.24, 2.45) is 0 Å². The van der Waals surface area contributed by atoms with Gasteiger partial charge in [0.05, 0.1) is 6.07 Å². The topological polar surface area (TPSA) is 70.4 Å². The van der Waals surface area contributed by atoms with Crippen molar-refractivity contribution in [3.63, 3.8) is 0 Å². The lowest BCUT2D eigenvalue weighted by Crippen LogP contribution is -2.31. The number of rotatable bonds is 5. The molecule has 0 radical (unpaired) electrons. The maximum atomic E-state index is 11.5. The lowest BCUT2D eigenvalue weighted by molar-refractivity contribution is -0.131. The van der Waals surface area contributed by atoms with E-state index in [1.54, 1.807) is 24.3 Å². The molecule has 0 unspecified atom stereocenters. The van der Waals surface area contributed by atoms with Crippen molar-refractivity contribution < 1.29 is 14.3 Å². The molecule has 0 aliphatic carbocycles. The summed E-state index contributed by atoms with van der Waals surface area (Å²) in [5.41, 5.74) is 0.533. The second-order valence-electron chi connectivity index (χ2n) is 3.78. The lowest BCUT2D eigenvalue weighted by atomic mass is 10.1. The average molecular weight is 246 g/mol. The highest BCUT2D eigenvalue weighted by molar-refractivity contribution is 5.94. The number of carbonyl (C=O) groups is 2. The molecule has 0 saturated carbocycles. The van der Waals surface area contributed by atoms with Crippen molar-refractivity contribution >= 4 is 11.7 Å². The van der Waals surface area contributed by atoms with E-state index in [4.69, 9.17) is 10.00 Å². The summed E-state index contributed by atoms with van der Waals surface area (Å²) in [6.45, 7) is 1.33. The zero-order chi connectivity index (χ0) is 13.5. The number of benzene rings is 1. The minimum atomic E-state index is -0.287. The van der Waals surface area contributed by atoms with Crippen LogP contribution in [0.5, 0.6) is 5.75 Å². The van der Waals surface area contributed by atoms with Gasteiger partial charge in [-0.2, -0.15) is 5.26 Å². The van der Waals surface area contributed by atoms with Crippen LogP contribution in [-0.2, 0) is 4.79 Å². The van der Waals surface area contributed by atoms with Gasteiger partial charge in [0.1, 0.15) is 12.3 Å². The molecule has 0 spiro atoms. The Labute approximate surface area is 106 Å². The fourth-order valence-corrected chi connectivity index (χ4v) is 1.25. The van der Waals surface area contributed by atoms with E-state index < -0.39 is 0 Å². The molecule has 1 amide bonds. The van der Waals surface area contributed by atoms with Crippen molar-refractivity contribution in [2.45, 2.75) is 6.92 Å². The van der Waals surface area contributed by atoms with E-state index in [0.717, 1.165) is 0 Å². The van der Waals surface area contributed by atoms with Gasteiger partial charge in [-0.1, -0.05) is 12.1 Å². The van der Waals surface area contributed by atoms with Crippen LogP contribution in [0.25, 0.3) is 0 Å². The lowest BCUT2D eigenvalue weighted by Gasteiger charge is -2.13. The standard InChI is InChI=1S/C13H14N2O3/c1-10(16)11-4-3-5-12(8-11)18-9-13(17)15(2)7-6-14/h3-5,8H,7,9H2,1-2H3. The fourth-order valence-electron chi connectivity index (χ4n) is 1.25. The van der Waals surface area contributed by atoms with Crippen molar-refractivity contribution in [1.29, 1.82) is 5.26 Å². The molecule has 0 aliphatic rings. The molecule has 0 heterocycles. The van der Waals surface area contributed by atoms with Gasteiger partial charge in [-0.25, -0.2) is 0 Å². The van der Waals surface area contributed by atoms with E-state index in [1.165, 1.54) is 18.9 Å². The number of ether oxygens (including phenoxy) is 1. The number of ketones is 1. The van der Waals surface area contributed by atoms with E-state index in [1.807, 2.05) is 6.07 Å². The Morgan fingerprint density at radius 1 is 1.44 bits per heavy atom. The van der Waals surface area contributed by atoms with Crippen LogP contribution in [0.1, 0.15) is 17.3 Å². The summed E-state index contributed by atoms with van der Waals surface area (Å²) in [6.07, 6.45) is 0. The number of nitrogens with zero attached hydrogens (tertiary/aromatic N) is 2. The Hall–Kier alpha value is -2.35. The first-order chi connectivity index (χ1) is 8.54. The van der Waals surface area contributed by atoms with Gasteiger partial charge in [0, 0.05) is 12.6 Å². The SMILES string of the molecule is CC(=O)c1cccc(OCC(=O)N(C)CC#N)c1. The summed E-state index contributed by atoms with van der Waals surface area (Å²) in [5.74, 6) is 0.111. The predicted molar refractivity (Wildman–Crippen MR) is 65.2 cm³/mol. The molecular formula is C13H14N2O3. The smallest absolute Gasteiger partial charge is 0.261 e. The van der Waals surface area contributed by atoms with Crippen molar-refractivity contribution in [1.82, 2.24) is 4.90 Å². The Kier molecular flexibility index (Phi) is 4.88. The van der Waals surface area contributed by atoms with Gasteiger partial charge in [-0.05, 0) is 19.1 Å². The summed E-state index contributed by atoms with van der Waals surface area (Å²) < 4.78 is 5.27. The summed E-state index contributed by atoms with van der Waals surface area (Å²) >= 11 is 0. The molecule has 0 N–H and O–H groups in total. The largest absolute Gasteiger partial charge is 0.484 e. The molecule has 0 saturated heterocycles. The molecule has 0 aliphatic heterocycles. The first-order valence-corrected chi connectivity index (χ1v) is 5.39. The molecule has 18 heavy (non-hydrogen) atoms. The van der Waals surface area contributed by atoms with Crippen molar-refractivity contribution in [3.05, 3.63) is 29.8 Å². The minimum absolute atomic E-state index is 0.0235. The van der Waals surface area contributed by atoms with Crippen LogP contribution in [0.15, 0.2) is 24.3 Å². The van der Waals surface area contributed by atoms with Crippen LogP contribution in [0, 0.1) is 11.3 Å². The number of amides is 1. The zero-order valence-electron chi connectivity index (χ0n) is 10.3. The van der Waals surface area contributed by atoms with Gasteiger partial charge in [0.2, 0.25) is 0 Å². The van der Waals surface area contributed by atoms with Gasteiger partial charge < -0.3 is 9.64 Å². The summed E-state index contributed by atoms with van der Waals surface area (Å²) in [6, 6.07) is 8.50. The molecule has 94 valence electrons. The molecule has 5 heteroatoms. The van der Waals surface area contributed by atoms with Crippen molar-refractivity contribution in [2.75, 3.05) is 20.2 Å². The van der Waals surface area contributed by atoms with Gasteiger partial charge in [-0.3, -0.25) is 9.59 Å². The van der Waals surface area contributed by atoms with Gasteiger partial charge in [0.25, 0.3) is 5.91 Å².